The number of hydrogen-bond acceptors (Lipinski definition) is 5. The third kappa shape index (κ3) is 5.35. The molecule has 5 atom stereocenters. The molecule has 2 fully saturated rings. The number of fused-ring (bicyclic) bond motifs is 2. The first-order valence-corrected chi connectivity index (χ1v) is 11.8. The minimum Gasteiger partial charge on any atom is -0.454 e. The van der Waals surface area contributed by atoms with Gasteiger partial charge in [0.25, 0.3) is 0 Å². The summed E-state index contributed by atoms with van der Waals surface area (Å²) in [5.74, 6) is -0.534. The van der Waals surface area contributed by atoms with Crippen molar-refractivity contribution >= 4 is 5.97 Å². The first-order chi connectivity index (χ1) is 17.2. The number of alkyl halides is 6. The van der Waals surface area contributed by atoms with Gasteiger partial charge < -0.3 is 14.6 Å². The van der Waals surface area contributed by atoms with Crippen molar-refractivity contribution in [1.29, 1.82) is 0 Å². The number of carbonyl (C=O) groups excluding carboxylic acids is 1. The van der Waals surface area contributed by atoms with E-state index in [0.717, 1.165) is 5.56 Å². The topological polar surface area (TPSA) is 59.0 Å². The lowest BCUT2D eigenvalue weighted by Crippen LogP contribution is -2.69. The molecule has 0 aromatic heterocycles. The lowest BCUT2D eigenvalue weighted by atomic mass is 9.73. The molecular formula is C26H27F6NO4. The summed E-state index contributed by atoms with van der Waals surface area (Å²) in [6.07, 6.45) is -11.3. The highest BCUT2D eigenvalue weighted by Gasteiger charge is 2.56. The molecular weight excluding hydrogens is 504 g/mol. The van der Waals surface area contributed by atoms with Gasteiger partial charge in [0.05, 0.1) is 42.0 Å². The molecule has 2 aliphatic heterocycles. The number of carbonyl (C=O) groups is 1. The lowest BCUT2D eigenvalue weighted by Gasteiger charge is -2.56. The predicted octanol–water partition coefficient (Wildman–Crippen LogP) is 5.47. The molecule has 2 aliphatic rings. The van der Waals surface area contributed by atoms with Gasteiger partial charge in [0.1, 0.15) is 0 Å². The smallest absolute Gasteiger partial charge is 0.416 e. The van der Waals surface area contributed by atoms with Crippen LogP contribution in [-0.4, -0.2) is 47.4 Å². The van der Waals surface area contributed by atoms with Crippen LogP contribution in [0.3, 0.4) is 0 Å². The van der Waals surface area contributed by atoms with Crippen LogP contribution in [0.1, 0.15) is 55.0 Å². The largest absolute Gasteiger partial charge is 0.454 e. The van der Waals surface area contributed by atoms with E-state index in [9.17, 15) is 36.2 Å². The molecule has 2 saturated heterocycles. The van der Waals surface area contributed by atoms with Crippen LogP contribution in [-0.2, 0) is 32.2 Å². The Morgan fingerprint density at radius 1 is 1.00 bits per heavy atom. The van der Waals surface area contributed by atoms with E-state index in [4.69, 9.17) is 9.47 Å². The van der Waals surface area contributed by atoms with Gasteiger partial charge in [-0.05, 0) is 56.0 Å². The molecule has 4 rings (SSSR count). The van der Waals surface area contributed by atoms with E-state index in [1.54, 1.807) is 18.2 Å². The maximum atomic E-state index is 13.4. The van der Waals surface area contributed by atoms with E-state index in [1.807, 2.05) is 17.0 Å². The van der Waals surface area contributed by atoms with Crippen molar-refractivity contribution in [3.63, 3.8) is 0 Å². The number of ether oxygens (including phenoxy) is 2. The van der Waals surface area contributed by atoms with Gasteiger partial charge in [0, 0.05) is 6.54 Å². The van der Waals surface area contributed by atoms with E-state index < -0.39 is 52.8 Å². The first-order valence-electron chi connectivity index (χ1n) is 11.8. The quantitative estimate of drug-likeness (QED) is 0.396. The van der Waals surface area contributed by atoms with Crippen LogP contribution in [0.4, 0.5) is 26.3 Å². The van der Waals surface area contributed by atoms with E-state index in [0.29, 0.717) is 25.0 Å². The van der Waals surface area contributed by atoms with Crippen LogP contribution in [0.15, 0.2) is 48.5 Å². The molecule has 2 aromatic rings. The van der Waals surface area contributed by atoms with Crippen molar-refractivity contribution < 1.29 is 45.7 Å². The molecule has 0 radical (unpaired) electrons. The summed E-state index contributed by atoms with van der Waals surface area (Å²) in [7, 11) is 0. The first kappa shape index (κ1) is 27.4. The fourth-order valence-electron chi connectivity index (χ4n) is 5.16. The normalized spacial score (nSPS) is 27.9. The SMILES string of the molecule is CC(O)[C@]12CC[C@@](CO[C@H](C)c3cc(C(F)(F)F)cc(C(F)(F)F)c3)(c3ccccc3)N(CC(=O)O1)C2. The number of morpholine rings is 1. The van der Waals surface area contributed by atoms with Crippen LogP contribution in [0.5, 0.6) is 0 Å². The summed E-state index contributed by atoms with van der Waals surface area (Å²) in [4.78, 5) is 14.3. The van der Waals surface area contributed by atoms with Crippen molar-refractivity contribution in [3.8, 4) is 0 Å². The van der Waals surface area contributed by atoms with Gasteiger partial charge in [-0.3, -0.25) is 9.69 Å². The molecule has 1 N–H and O–H groups in total. The predicted molar refractivity (Wildman–Crippen MR) is 120 cm³/mol. The maximum absolute atomic E-state index is 13.4. The molecule has 2 unspecified atom stereocenters. The van der Waals surface area contributed by atoms with E-state index in [2.05, 4.69) is 0 Å². The summed E-state index contributed by atoms with van der Waals surface area (Å²) in [6.45, 7) is 2.91. The van der Waals surface area contributed by atoms with Crippen LogP contribution >= 0.6 is 0 Å². The molecule has 11 heteroatoms. The molecule has 37 heavy (non-hydrogen) atoms. The van der Waals surface area contributed by atoms with Crippen molar-refractivity contribution in [2.24, 2.45) is 0 Å². The minimum absolute atomic E-state index is 0.0812. The van der Waals surface area contributed by atoms with Gasteiger partial charge in [-0.1, -0.05) is 30.3 Å². The second kappa shape index (κ2) is 9.59. The summed E-state index contributed by atoms with van der Waals surface area (Å²) in [6, 6.07) is 10.4. The Bertz CT molecular complexity index is 1100. The standard InChI is InChI=1S/C26H27F6NO4/c1-16(18-10-20(25(27,28)29)12-21(11-18)26(30,31)32)36-15-23(19-6-4-3-5-7-19)8-9-24(17(2)34)14-33(23)13-22(35)37-24/h3-7,10-12,16-17,34H,8-9,13-15H2,1-2H3/t16-,17?,23-,24-/m1/s1. The van der Waals surface area contributed by atoms with Gasteiger partial charge in [0.15, 0.2) is 5.60 Å². The highest BCUT2D eigenvalue weighted by atomic mass is 19.4. The Kier molecular flexibility index (Phi) is 7.11. The number of benzene rings is 2. The number of rotatable bonds is 6. The van der Waals surface area contributed by atoms with Gasteiger partial charge in [0.2, 0.25) is 0 Å². The second-order valence-corrected chi connectivity index (χ2v) is 9.76. The molecule has 2 bridgehead atoms. The Hall–Kier alpha value is -2.63. The summed E-state index contributed by atoms with van der Waals surface area (Å²) in [5.41, 5.74) is -4.34. The zero-order valence-electron chi connectivity index (χ0n) is 20.2. The molecule has 0 amide bonds. The highest BCUT2D eigenvalue weighted by molar-refractivity contribution is 5.73. The molecule has 0 spiro atoms. The fraction of sp³-hybridized carbons (Fsp3) is 0.500. The molecule has 0 saturated carbocycles. The third-order valence-corrected chi connectivity index (χ3v) is 7.39. The van der Waals surface area contributed by atoms with Gasteiger partial charge in [-0.2, -0.15) is 26.3 Å². The van der Waals surface area contributed by atoms with Gasteiger partial charge >= 0.3 is 18.3 Å². The average Bonchev–Trinajstić information content (AvgIpc) is 2.82. The Morgan fingerprint density at radius 3 is 2.14 bits per heavy atom. The second-order valence-electron chi connectivity index (χ2n) is 9.76. The number of piperidine rings is 1. The fourth-order valence-corrected chi connectivity index (χ4v) is 5.16. The van der Waals surface area contributed by atoms with E-state index in [-0.39, 0.29) is 31.3 Å². The van der Waals surface area contributed by atoms with Gasteiger partial charge in [-0.25, -0.2) is 0 Å². The highest BCUT2D eigenvalue weighted by Crippen LogP contribution is 2.46. The third-order valence-electron chi connectivity index (χ3n) is 7.39. The number of aliphatic hydroxyl groups is 1. The van der Waals surface area contributed by atoms with Gasteiger partial charge in [-0.15, -0.1) is 0 Å². The molecule has 2 aromatic carbocycles. The van der Waals surface area contributed by atoms with Crippen molar-refractivity contribution in [2.75, 3.05) is 19.7 Å². The van der Waals surface area contributed by atoms with Crippen LogP contribution in [0.2, 0.25) is 0 Å². The maximum Gasteiger partial charge on any atom is 0.416 e. The number of hydrogen-bond donors (Lipinski definition) is 1. The van der Waals surface area contributed by atoms with E-state index >= 15 is 0 Å². The molecule has 202 valence electrons. The number of nitrogens with zero attached hydrogens (tertiary/aromatic N) is 1. The number of esters is 1. The summed E-state index contributed by atoms with van der Waals surface area (Å²) in [5, 5.41) is 10.4. The summed E-state index contributed by atoms with van der Waals surface area (Å²) >= 11 is 0. The molecule has 5 nitrogen and oxygen atoms in total. The van der Waals surface area contributed by atoms with Crippen LogP contribution in [0, 0.1) is 0 Å². The van der Waals surface area contributed by atoms with Crippen molar-refractivity contribution in [2.45, 2.75) is 62.4 Å². The van der Waals surface area contributed by atoms with Crippen LogP contribution in [0.25, 0.3) is 0 Å². The summed E-state index contributed by atoms with van der Waals surface area (Å²) < 4.78 is 91.7. The zero-order valence-corrected chi connectivity index (χ0v) is 20.2. The Morgan fingerprint density at radius 2 is 1.59 bits per heavy atom. The zero-order chi connectivity index (χ0) is 27.2. The number of halogens is 6. The number of aliphatic hydroxyl groups excluding tert-OH is 1. The average molecular weight is 531 g/mol. The lowest BCUT2D eigenvalue weighted by molar-refractivity contribution is -0.222. The Labute approximate surface area is 210 Å². The molecule has 2 heterocycles. The monoisotopic (exact) mass is 531 g/mol. The van der Waals surface area contributed by atoms with Crippen molar-refractivity contribution in [3.05, 3.63) is 70.8 Å². The van der Waals surface area contributed by atoms with Crippen molar-refractivity contribution in [1.82, 2.24) is 4.90 Å². The van der Waals surface area contributed by atoms with Crippen LogP contribution < -0.4 is 0 Å². The van der Waals surface area contributed by atoms with E-state index in [1.165, 1.54) is 13.8 Å². The molecule has 0 aliphatic carbocycles. The Balaban J connectivity index is 1.68. The minimum atomic E-state index is -4.97.